The summed E-state index contributed by atoms with van der Waals surface area (Å²) in [5.74, 6) is 1.47. The predicted octanol–water partition coefficient (Wildman–Crippen LogP) is 1.78. The quantitative estimate of drug-likeness (QED) is 0.668. The molecule has 1 unspecified atom stereocenters. The lowest BCUT2D eigenvalue weighted by Crippen LogP contribution is -2.40. The minimum atomic E-state index is -2.84. The fraction of sp³-hybridized carbons (Fsp3) is 0.533. The van der Waals surface area contributed by atoms with E-state index < -0.39 is 9.84 Å². The fourth-order valence-corrected chi connectivity index (χ4v) is 4.67. The standard InChI is InChI=1S/C15H22ClN3O2S/c1-17-15(18-9-12-7-8-22(20,21)11-12)19(2)10-13-5-3-4-6-14(13)16/h3-6,12H,7-11H2,1-2H3,(H,17,18). The lowest BCUT2D eigenvalue weighted by Gasteiger charge is -2.23. The van der Waals surface area contributed by atoms with E-state index >= 15 is 0 Å². The van der Waals surface area contributed by atoms with Crippen molar-refractivity contribution in [3.63, 3.8) is 0 Å². The molecule has 0 spiro atoms. The molecular weight excluding hydrogens is 322 g/mol. The van der Waals surface area contributed by atoms with Crippen molar-refractivity contribution < 1.29 is 8.42 Å². The van der Waals surface area contributed by atoms with Crippen molar-refractivity contribution in [1.82, 2.24) is 10.2 Å². The Balaban J connectivity index is 1.90. The highest BCUT2D eigenvalue weighted by molar-refractivity contribution is 7.91. The molecule has 1 heterocycles. The molecule has 0 radical (unpaired) electrons. The van der Waals surface area contributed by atoms with Crippen LogP contribution in [0.2, 0.25) is 5.02 Å². The Morgan fingerprint density at radius 2 is 2.18 bits per heavy atom. The van der Waals surface area contributed by atoms with Gasteiger partial charge in [-0.05, 0) is 24.0 Å². The first-order valence-corrected chi connectivity index (χ1v) is 9.47. The SMILES string of the molecule is CN=C(NCC1CCS(=O)(=O)C1)N(C)Cc1ccccc1Cl. The van der Waals surface area contributed by atoms with Crippen molar-refractivity contribution in [3.05, 3.63) is 34.9 Å². The molecule has 0 aromatic heterocycles. The van der Waals surface area contributed by atoms with Gasteiger partial charge in [-0.1, -0.05) is 29.8 Å². The second kappa shape index (κ2) is 7.33. The number of sulfone groups is 1. The van der Waals surface area contributed by atoms with Crippen LogP contribution in [-0.4, -0.2) is 51.4 Å². The number of hydrogen-bond donors (Lipinski definition) is 1. The zero-order chi connectivity index (χ0) is 16.2. The number of nitrogens with one attached hydrogen (secondary N) is 1. The number of hydrogen-bond acceptors (Lipinski definition) is 3. The summed E-state index contributed by atoms with van der Waals surface area (Å²) in [5, 5.41) is 3.99. The van der Waals surface area contributed by atoms with Crippen LogP contribution in [0.15, 0.2) is 29.3 Å². The molecule has 1 aromatic carbocycles. The maximum absolute atomic E-state index is 11.5. The van der Waals surface area contributed by atoms with Crippen molar-refractivity contribution in [2.24, 2.45) is 10.9 Å². The van der Waals surface area contributed by atoms with Gasteiger partial charge in [-0.3, -0.25) is 4.99 Å². The van der Waals surface area contributed by atoms with Crippen molar-refractivity contribution in [2.75, 3.05) is 32.1 Å². The second-order valence-corrected chi connectivity index (χ2v) is 8.28. The Hall–Kier alpha value is -1.27. The van der Waals surface area contributed by atoms with Gasteiger partial charge in [-0.25, -0.2) is 8.42 Å². The van der Waals surface area contributed by atoms with Gasteiger partial charge in [0.25, 0.3) is 0 Å². The van der Waals surface area contributed by atoms with Crippen LogP contribution in [0.1, 0.15) is 12.0 Å². The summed E-state index contributed by atoms with van der Waals surface area (Å²) in [7, 11) is 0.818. The van der Waals surface area contributed by atoms with Crippen LogP contribution in [0.3, 0.4) is 0 Å². The molecule has 122 valence electrons. The topological polar surface area (TPSA) is 61.8 Å². The monoisotopic (exact) mass is 343 g/mol. The molecule has 0 saturated carbocycles. The second-order valence-electron chi connectivity index (χ2n) is 5.64. The van der Waals surface area contributed by atoms with Crippen LogP contribution in [0.4, 0.5) is 0 Å². The molecule has 1 N–H and O–H groups in total. The van der Waals surface area contributed by atoms with Crippen LogP contribution in [0.25, 0.3) is 0 Å². The van der Waals surface area contributed by atoms with E-state index in [1.54, 1.807) is 7.05 Å². The van der Waals surface area contributed by atoms with E-state index in [2.05, 4.69) is 10.3 Å². The van der Waals surface area contributed by atoms with Gasteiger partial charge in [0.1, 0.15) is 0 Å². The highest BCUT2D eigenvalue weighted by Gasteiger charge is 2.27. The first-order valence-electron chi connectivity index (χ1n) is 7.27. The molecule has 0 bridgehead atoms. The van der Waals surface area contributed by atoms with E-state index in [1.165, 1.54) is 0 Å². The zero-order valence-electron chi connectivity index (χ0n) is 12.9. The number of nitrogens with zero attached hydrogens (tertiary/aromatic N) is 2. The Morgan fingerprint density at radius 3 is 2.77 bits per heavy atom. The van der Waals surface area contributed by atoms with Gasteiger partial charge < -0.3 is 10.2 Å². The number of benzene rings is 1. The minimum absolute atomic E-state index is 0.162. The third kappa shape index (κ3) is 4.61. The van der Waals surface area contributed by atoms with Gasteiger partial charge in [0, 0.05) is 32.2 Å². The van der Waals surface area contributed by atoms with Gasteiger partial charge in [0.2, 0.25) is 0 Å². The summed E-state index contributed by atoms with van der Waals surface area (Å²) in [4.78, 5) is 6.23. The molecule has 1 aliphatic heterocycles. The van der Waals surface area contributed by atoms with Crippen molar-refractivity contribution >= 4 is 27.4 Å². The molecule has 7 heteroatoms. The van der Waals surface area contributed by atoms with Gasteiger partial charge in [-0.2, -0.15) is 0 Å². The van der Waals surface area contributed by atoms with Crippen LogP contribution < -0.4 is 5.32 Å². The Labute approximate surface area is 137 Å². The molecule has 5 nitrogen and oxygen atoms in total. The van der Waals surface area contributed by atoms with Crippen LogP contribution in [0.5, 0.6) is 0 Å². The first-order chi connectivity index (χ1) is 10.4. The lowest BCUT2D eigenvalue weighted by molar-refractivity contribution is 0.463. The number of rotatable bonds is 4. The van der Waals surface area contributed by atoms with Gasteiger partial charge in [-0.15, -0.1) is 0 Å². The average Bonchev–Trinajstić information content (AvgIpc) is 2.81. The Bertz CT molecular complexity index is 646. The summed E-state index contributed by atoms with van der Waals surface area (Å²) in [6.45, 7) is 1.26. The van der Waals surface area contributed by atoms with E-state index in [0.717, 1.165) is 23.0 Å². The number of aliphatic imine (C=N–C) groups is 1. The molecule has 1 atom stereocenters. The predicted molar refractivity (Wildman–Crippen MR) is 91.0 cm³/mol. The zero-order valence-corrected chi connectivity index (χ0v) is 14.5. The van der Waals surface area contributed by atoms with E-state index in [9.17, 15) is 8.42 Å². The molecule has 0 amide bonds. The average molecular weight is 344 g/mol. The van der Waals surface area contributed by atoms with Gasteiger partial charge >= 0.3 is 0 Å². The summed E-state index contributed by atoms with van der Waals surface area (Å²) >= 11 is 6.17. The van der Waals surface area contributed by atoms with E-state index in [0.29, 0.717) is 18.8 Å². The van der Waals surface area contributed by atoms with Gasteiger partial charge in [0.15, 0.2) is 15.8 Å². The molecule has 1 saturated heterocycles. The molecule has 0 aliphatic carbocycles. The molecule has 2 rings (SSSR count). The maximum atomic E-state index is 11.5. The summed E-state index contributed by atoms with van der Waals surface area (Å²) < 4.78 is 23.0. The molecule has 22 heavy (non-hydrogen) atoms. The third-order valence-corrected chi connectivity index (χ3v) is 6.02. The number of guanidine groups is 1. The molecule has 1 aliphatic rings. The molecule has 1 fully saturated rings. The minimum Gasteiger partial charge on any atom is -0.356 e. The lowest BCUT2D eigenvalue weighted by atomic mass is 10.1. The normalized spacial score (nSPS) is 20.9. The van der Waals surface area contributed by atoms with E-state index in [1.807, 2.05) is 36.2 Å². The number of halogens is 1. The fourth-order valence-electron chi connectivity index (χ4n) is 2.61. The van der Waals surface area contributed by atoms with Crippen LogP contribution in [0, 0.1) is 5.92 Å². The highest BCUT2D eigenvalue weighted by Crippen LogP contribution is 2.18. The smallest absolute Gasteiger partial charge is 0.193 e. The maximum Gasteiger partial charge on any atom is 0.193 e. The van der Waals surface area contributed by atoms with Crippen molar-refractivity contribution in [3.8, 4) is 0 Å². The Kier molecular flexibility index (Phi) is 5.69. The largest absolute Gasteiger partial charge is 0.356 e. The van der Waals surface area contributed by atoms with Crippen molar-refractivity contribution in [2.45, 2.75) is 13.0 Å². The highest BCUT2D eigenvalue weighted by atomic mass is 35.5. The summed E-state index contributed by atoms with van der Waals surface area (Å²) in [5.41, 5.74) is 1.03. The third-order valence-electron chi connectivity index (χ3n) is 3.81. The van der Waals surface area contributed by atoms with Gasteiger partial charge in [0.05, 0.1) is 11.5 Å². The first kappa shape index (κ1) is 17.1. The summed E-state index contributed by atoms with van der Waals surface area (Å²) in [6.07, 6.45) is 0.723. The van der Waals surface area contributed by atoms with E-state index in [-0.39, 0.29) is 11.7 Å². The van der Waals surface area contributed by atoms with Crippen molar-refractivity contribution in [1.29, 1.82) is 0 Å². The molecule has 1 aromatic rings. The van der Waals surface area contributed by atoms with E-state index in [4.69, 9.17) is 11.6 Å². The van der Waals surface area contributed by atoms with Crippen LogP contribution >= 0.6 is 11.6 Å². The Morgan fingerprint density at radius 1 is 1.45 bits per heavy atom. The molecular formula is C15H22ClN3O2S. The summed E-state index contributed by atoms with van der Waals surface area (Å²) in [6, 6.07) is 7.70. The van der Waals surface area contributed by atoms with Crippen LogP contribution in [-0.2, 0) is 16.4 Å².